The first-order valence-corrected chi connectivity index (χ1v) is 6.99. The van der Waals surface area contributed by atoms with Crippen LogP contribution in [0.25, 0.3) is 11.3 Å². The Kier molecular flexibility index (Phi) is 4.31. The number of hydrogen-bond acceptors (Lipinski definition) is 6. The Morgan fingerprint density at radius 2 is 1.81 bits per heavy atom. The molecule has 0 atom stereocenters. The first-order valence-electron chi connectivity index (χ1n) is 6.99. The van der Waals surface area contributed by atoms with Gasteiger partial charge in [-0.15, -0.1) is 0 Å². The molecule has 3 aromatic rings. The zero-order valence-corrected chi connectivity index (χ0v) is 12.7. The van der Waals surface area contributed by atoms with E-state index in [4.69, 9.17) is 4.74 Å². The standard InChI is InChI=1S/C16H8F2N2O6/c17-12-6-1-9(7-13(12)18)14-8-25-15(21)19(14)16(22)26-11-4-2-10(3-5-11)20(23)24/h1-8H. The van der Waals surface area contributed by atoms with E-state index in [9.17, 15) is 28.5 Å². The van der Waals surface area contributed by atoms with Crippen molar-refractivity contribution >= 4 is 11.8 Å². The first-order chi connectivity index (χ1) is 12.4. The molecule has 0 unspecified atom stereocenters. The first kappa shape index (κ1) is 17.0. The van der Waals surface area contributed by atoms with Crippen molar-refractivity contribution in [2.45, 2.75) is 0 Å². The summed E-state index contributed by atoms with van der Waals surface area (Å²) in [5.41, 5.74) is -0.357. The van der Waals surface area contributed by atoms with Crippen LogP contribution in [0.3, 0.4) is 0 Å². The second kappa shape index (κ2) is 6.59. The highest BCUT2D eigenvalue weighted by molar-refractivity contribution is 5.79. The summed E-state index contributed by atoms with van der Waals surface area (Å²) in [4.78, 5) is 34.0. The van der Waals surface area contributed by atoms with E-state index in [1.165, 1.54) is 12.1 Å². The molecule has 0 aliphatic carbocycles. The number of nitrogens with zero attached hydrogens (tertiary/aromatic N) is 2. The molecule has 132 valence electrons. The summed E-state index contributed by atoms with van der Waals surface area (Å²) in [7, 11) is 0. The average molecular weight is 362 g/mol. The zero-order valence-electron chi connectivity index (χ0n) is 12.7. The Balaban J connectivity index is 1.92. The summed E-state index contributed by atoms with van der Waals surface area (Å²) >= 11 is 0. The number of aromatic nitrogens is 1. The quantitative estimate of drug-likeness (QED) is 0.523. The minimum atomic E-state index is -1.18. The van der Waals surface area contributed by atoms with Crippen LogP contribution in [0.2, 0.25) is 0 Å². The molecule has 1 aromatic heterocycles. The Bertz CT molecular complexity index is 1060. The van der Waals surface area contributed by atoms with Gasteiger partial charge in [0.2, 0.25) is 0 Å². The summed E-state index contributed by atoms with van der Waals surface area (Å²) in [5.74, 6) is -3.44. The third kappa shape index (κ3) is 3.20. The lowest BCUT2D eigenvalue weighted by Crippen LogP contribution is -2.27. The predicted molar refractivity (Wildman–Crippen MR) is 82.8 cm³/mol. The average Bonchev–Trinajstić information content (AvgIpc) is 2.99. The molecule has 0 spiro atoms. The van der Waals surface area contributed by atoms with Gasteiger partial charge in [-0.2, -0.15) is 4.57 Å². The zero-order chi connectivity index (χ0) is 18.8. The molecule has 26 heavy (non-hydrogen) atoms. The van der Waals surface area contributed by atoms with Crippen molar-refractivity contribution < 1.29 is 27.7 Å². The van der Waals surface area contributed by atoms with Gasteiger partial charge in [-0.3, -0.25) is 10.1 Å². The Morgan fingerprint density at radius 3 is 2.42 bits per heavy atom. The molecule has 2 aromatic carbocycles. The number of halogens is 2. The van der Waals surface area contributed by atoms with E-state index in [2.05, 4.69) is 4.42 Å². The van der Waals surface area contributed by atoms with Gasteiger partial charge in [0, 0.05) is 17.7 Å². The molecule has 0 aliphatic rings. The van der Waals surface area contributed by atoms with E-state index < -0.39 is 28.4 Å². The molecule has 1 heterocycles. The van der Waals surface area contributed by atoms with Gasteiger partial charge in [-0.1, -0.05) is 0 Å². The van der Waals surface area contributed by atoms with Crippen LogP contribution >= 0.6 is 0 Å². The molecule has 0 radical (unpaired) electrons. The van der Waals surface area contributed by atoms with Crippen molar-refractivity contribution in [3.63, 3.8) is 0 Å². The van der Waals surface area contributed by atoms with Crippen molar-refractivity contribution in [1.29, 1.82) is 0 Å². The van der Waals surface area contributed by atoms with Crippen molar-refractivity contribution in [2.24, 2.45) is 0 Å². The van der Waals surface area contributed by atoms with Gasteiger partial charge in [-0.05, 0) is 30.3 Å². The maximum atomic E-state index is 13.4. The molecule has 0 fully saturated rings. The molecular formula is C16H8F2N2O6. The van der Waals surface area contributed by atoms with E-state index >= 15 is 0 Å². The van der Waals surface area contributed by atoms with Gasteiger partial charge >= 0.3 is 11.8 Å². The highest BCUT2D eigenvalue weighted by Gasteiger charge is 2.20. The molecule has 0 saturated heterocycles. The van der Waals surface area contributed by atoms with Crippen LogP contribution in [0.15, 0.2) is 57.9 Å². The van der Waals surface area contributed by atoms with Crippen molar-refractivity contribution in [3.8, 4) is 17.0 Å². The fourth-order valence-corrected chi connectivity index (χ4v) is 2.12. The molecule has 0 bridgehead atoms. The van der Waals surface area contributed by atoms with Gasteiger partial charge in [0.15, 0.2) is 11.6 Å². The molecule has 10 heteroatoms. The molecular weight excluding hydrogens is 354 g/mol. The highest BCUT2D eigenvalue weighted by Crippen LogP contribution is 2.22. The third-order valence-corrected chi connectivity index (χ3v) is 3.35. The van der Waals surface area contributed by atoms with Crippen LogP contribution in [0, 0.1) is 21.7 Å². The van der Waals surface area contributed by atoms with Gasteiger partial charge in [-0.25, -0.2) is 18.4 Å². The topological polar surface area (TPSA) is 105 Å². The van der Waals surface area contributed by atoms with E-state index in [0.717, 1.165) is 36.6 Å². The number of nitro benzene ring substituents is 1. The van der Waals surface area contributed by atoms with Gasteiger partial charge < -0.3 is 9.15 Å². The second-order valence-electron chi connectivity index (χ2n) is 4.97. The smallest absolute Gasteiger partial charge is 0.415 e. The Labute approximate surface area is 143 Å². The van der Waals surface area contributed by atoms with Crippen LogP contribution in [0.1, 0.15) is 0 Å². The lowest BCUT2D eigenvalue weighted by molar-refractivity contribution is -0.384. The van der Waals surface area contributed by atoms with Crippen LogP contribution in [0.4, 0.5) is 19.3 Å². The number of ether oxygens (including phenoxy) is 1. The minimum Gasteiger partial charge on any atom is -0.415 e. The van der Waals surface area contributed by atoms with E-state index in [-0.39, 0.29) is 22.7 Å². The molecule has 0 amide bonds. The van der Waals surface area contributed by atoms with Gasteiger partial charge in [0.05, 0.1) is 4.92 Å². The number of benzene rings is 2. The van der Waals surface area contributed by atoms with Crippen LogP contribution in [0.5, 0.6) is 5.75 Å². The summed E-state index contributed by atoms with van der Waals surface area (Å²) in [5, 5.41) is 10.6. The van der Waals surface area contributed by atoms with E-state index in [1.807, 2.05) is 0 Å². The van der Waals surface area contributed by atoms with E-state index in [1.54, 1.807) is 0 Å². The fraction of sp³-hybridized carbons (Fsp3) is 0. The number of hydrogen-bond donors (Lipinski definition) is 0. The van der Waals surface area contributed by atoms with Crippen molar-refractivity contribution in [2.75, 3.05) is 0 Å². The van der Waals surface area contributed by atoms with Crippen LogP contribution in [-0.2, 0) is 0 Å². The van der Waals surface area contributed by atoms with Gasteiger partial charge in [0.25, 0.3) is 5.69 Å². The fourth-order valence-electron chi connectivity index (χ4n) is 2.12. The second-order valence-corrected chi connectivity index (χ2v) is 4.97. The Hall–Kier alpha value is -3.82. The van der Waals surface area contributed by atoms with Crippen LogP contribution in [-0.4, -0.2) is 15.6 Å². The summed E-state index contributed by atoms with van der Waals surface area (Å²) in [6.07, 6.45) is -0.288. The number of rotatable bonds is 3. The summed E-state index contributed by atoms with van der Waals surface area (Å²) < 4.78 is 36.5. The number of carbonyl (C=O) groups is 1. The molecule has 0 saturated carbocycles. The molecule has 8 nitrogen and oxygen atoms in total. The summed E-state index contributed by atoms with van der Waals surface area (Å²) in [6.45, 7) is 0. The lowest BCUT2D eigenvalue weighted by atomic mass is 10.1. The monoisotopic (exact) mass is 362 g/mol. The predicted octanol–water partition coefficient (Wildman–Crippen LogP) is 3.34. The number of oxazole rings is 1. The van der Waals surface area contributed by atoms with Crippen molar-refractivity contribution in [3.05, 3.63) is 81.0 Å². The number of carbonyl (C=O) groups excluding carboxylic acids is 1. The maximum Gasteiger partial charge on any atom is 0.429 e. The van der Waals surface area contributed by atoms with Crippen molar-refractivity contribution in [1.82, 2.24) is 4.57 Å². The largest absolute Gasteiger partial charge is 0.429 e. The third-order valence-electron chi connectivity index (χ3n) is 3.35. The lowest BCUT2D eigenvalue weighted by Gasteiger charge is -2.06. The normalized spacial score (nSPS) is 10.5. The molecule has 0 N–H and O–H groups in total. The van der Waals surface area contributed by atoms with Gasteiger partial charge in [0.1, 0.15) is 17.7 Å². The Morgan fingerprint density at radius 1 is 1.12 bits per heavy atom. The molecule has 3 rings (SSSR count). The minimum absolute atomic E-state index is 0.00963. The SMILES string of the molecule is O=C(Oc1ccc([N+](=O)[O-])cc1)n1c(-c2ccc(F)c(F)c2)coc1=O. The number of nitro groups is 1. The van der Waals surface area contributed by atoms with Crippen LogP contribution < -0.4 is 10.5 Å². The summed E-state index contributed by atoms with van der Waals surface area (Å²) in [6, 6.07) is 7.31. The highest BCUT2D eigenvalue weighted by atomic mass is 19.2. The maximum absolute atomic E-state index is 13.4. The number of non-ortho nitro benzene ring substituents is 1. The molecule has 0 aliphatic heterocycles. The van der Waals surface area contributed by atoms with E-state index in [0.29, 0.717) is 4.57 Å².